The van der Waals surface area contributed by atoms with Gasteiger partial charge in [-0.25, -0.2) is 0 Å². The Bertz CT molecular complexity index is 1070. The van der Waals surface area contributed by atoms with Crippen LogP contribution < -0.4 is 15.5 Å². The van der Waals surface area contributed by atoms with Crippen molar-refractivity contribution < 1.29 is 14.4 Å². The largest absolute Gasteiger partial charge is 0.350 e. The Morgan fingerprint density at radius 1 is 0.969 bits per heavy atom. The van der Waals surface area contributed by atoms with Gasteiger partial charge in [0.15, 0.2) is 0 Å². The minimum Gasteiger partial charge on any atom is -0.350 e. The van der Waals surface area contributed by atoms with Crippen molar-refractivity contribution in [1.29, 1.82) is 0 Å². The Balaban J connectivity index is 1.40. The maximum atomic E-state index is 13.0. The Labute approximate surface area is 191 Å². The van der Waals surface area contributed by atoms with Crippen molar-refractivity contribution in [3.63, 3.8) is 0 Å². The number of benzene rings is 2. The molecular formula is C25H25N3O3S. The van der Waals surface area contributed by atoms with Crippen molar-refractivity contribution in [2.24, 2.45) is 0 Å². The maximum absolute atomic E-state index is 13.0. The first-order valence-corrected chi connectivity index (χ1v) is 11.5. The molecule has 1 aliphatic heterocycles. The summed E-state index contributed by atoms with van der Waals surface area (Å²) in [6, 6.07) is 20.1. The quantitative estimate of drug-likeness (QED) is 0.555. The molecule has 2 N–H and O–H groups in total. The number of rotatable bonds is 8. The van der Waals surface area contributed by atoms with E-state index in [0.29, 0.717) is 24.3 Å². The summed E-state index contributed by atoms with van der Waals surface area (Å²) in [5.41, 5.74) is 2.78. The first-order chi connectivity index (χ1) is 15.6. The highest BCUT2D eigenvalue weighted by molar-refractivity contribution is 7.12. The third kappa shape index (κ3) is 5.42. The minimum absolute atomic E-state index is 0.149. The lowest BCUT2D eigenvalue weighted by molar-refractivity contribution is -0.123. The number of amides is 3. The Morgan fingerprint density at radius 3 is 2.41 bits per heavy atom. The number of nitrogens with zero attached hydrogens (tertiary/aromatic N) is 1. The first-order valence-electron chi connectivity index (χ1n) is 10.7. The van der Waals surface area contributed by atoms with Crippen LogP contribution >= 0.6 is 11.3 Å². The van der Waals surface area contributed by atoms with E-state index < -0.39 is 6.04 Å². The smallest absolute Gasteiger partial charge is 0.262 e. The topological polar surface area (TPSA) is 78.5 Å². The van der Waals surface area contributed by atoms with E-state index in [1.807, 2.05) is 66.0 Å². The molecule has 1 aromatic heterocycles. The van der Waals surface area contributed by atoms with Crippen LogP contribution in [-0.4, -0.2) is 30.3 Å². The molecule has 1 saturated heterocycles. The number of hydrogen-bond donors (Lipinski definition) is 2. The van der Waals surface area contributed by atoms with Crippen LogP contribution in [0.15, 0.2) is 72.1 Å². The summed E-state index contributed by atoms with van der Waals surface area (Å²) in [6.07, 6.45) is 1.88. The van der Waals surface area contributed by atoms with Crippen LogP contribution in [0.3, 0.4) is 0 Å². The monoisotopic (exact) mass is 447 g/mol. The third-order valence-electron chi connectivity index (χ3n) is 5.44. The van der Waals surface area contributed by atoms with E-state index in [1.54, 1.807) is 11.0 Å². The molecule has 3 amide bonds. The lowest BCUT2D eigenvalue weighted by atomic mass is 10.0. The molecule has 164 valence electrons. The Kier molecular flexibility index (Phi) is 6.97. The molecule has 0 saturated carbocycles. The van der Waals surface area contributed by atoms with Crippen molar-refractivity contribution in [3.8, 4) is 0 Å². The summed E-state index contributed by atoms with van der Waals surface area (Å²) < 4.78 is 0. The van der Waals surface area contributed by atoms with Gasteiger partial charge >= 0.3 is 0 Å². The molecule has 32 heavy (non-hydrogen) atoms. The normalized spacial score (nSPS) is 14.2. The fourth-order valence-corrected chi connectivity index (χ4v) is 4.35. The molecule has 0 radical (unpaired) electrons. The van der Waals surface area contributed by atoms with E-state index in [0.717, 1.165) is 29.8 Å². The van der Waals surface area contributed by atoms with E-state index in [9.17, 15) is 14.4 Å². The fourth-order valence-electron chi connectivity index (χ4n) is 3.72. The van der Waals surface area contributed by atoms with Crippen LogP contribution in [-0.2, 0) is 22.6 Å². The predicted octanol–water partition coefficient (Wildman–Crippen LogP) is 3.53. The summed E-state index contributed by atoms with van der Waals surface area (Å²) in [6.45, 7) is 1.09. The molecule has 0 bridgehead atoms. The lowest BCUT2D eigenvalue weighted by Gasteiger charge is -2.19. The average Bonchev–Trinajstić information content (AvgIpc) is 3.50. The van der Waals surface area contributed by atoms with E-state index in [1.165, 1.54) is 11.3 Å². The third-order valence-corrected chi connectivity index (χ3v) is 6.31. The zero-order chi connectivity index (χ0) is 22.3. The van der Waals surface area contributed by atoms with Gasteiger partial charge in [-0.1, -0.05) is 48.5 Å². The minimum atomic E-state index is -0.687. The number of nitrogens with one attached hydrogen (secondary N) is 2. The van der Waals surface area contributed by atoms with E-state index in [2.05, 4.69) is 10.6 Å². The van der Waals surface area contributed by atoms with Crippen molar-refractivity contribution in [2.75, 3.05) is 11.4 Å². The van der Waals surface area contributed by atoms with Gasteiger partial charge in [0.1, 0.15) is 6.04 Å². The highest BCUT2D eigenvalue weighted by Crippen LogP contribution is 2.21. The molecule has 1 aliphatic rings. The molecule has 1 atom stereocenters. The second kappa shape index (κ2) is 10.2. The molecular weight excluding hydrogens is 422 g/mol. The molecule has 7 heteroatoms. The van der Waals surface area contributed by atoms with Crippen molar-refractivity contribution in [3.05, 3.63) is 88.1 Å². The van der Waals surface area contributed by atoms with Crippen LogP contribution in [0.5, 0.6) is 0 Å². The van der Waals surface area contributed by atoms with Crippen LogP contribution in [0.4, 0.5) is 5.69 Å². The van der Waals surface area contributed by atoms with Gasteiger partial charge in [-0.2, -0.15) is 0 Å². The molecule has 6 nitrogen and oxygen atoms in total. The van der Waals surface area contributed by atoms with Gasteiger partial charge in [0, 0.05) is 31.6 Å². The molecule has 2 heterocycles. The van der Waals surface area contributed by atoms with Crippen molar-refractivity contribution in [1.82, 2.24) is 10.6 Å². The molecule has 0 aliphatic carbocycles. The fraction of sp³-hybridized carbons (Fsp3) is 0.240. The zero-order valence-electron chi connectivity index (χ0n) is 17.6. The molecule has 4 rings (SSSR count). The van der Waals surface area contributed by atoms with E-state index in [4.69, 9.17) is 0 Å². The number of carbonyl (C=O) groups excluding carboxylic acids is 3. The van der Waals surface area contributed by atoms with Gasteiger partial charge in [-0.05, 0) is 41.1 Å². The molecule has 2 aromatic carbocycles. The molecule has 1 fully saturated rings. The van der Waals surface area contributed by atoms with Crippen molar-refractivity contribution in [2.45, 2.75) is 31.8 Å². The van der Waals surface area contributed by atoms with Gasteiger partial charge in [0.25, 0.3) is 5.91 Å². The summed E-state index contributed by atoms with van der Waals surface area (Å²) in [4.78, 5) is 39.8. The summed E-state index contributed by atoms with van der Waals surface area (Å²) in [5.74, 6) is -0.343. The zero-order valence-corrected chi connectivity index (χ0v) is 18.4. The van der Waals surface area contributed by atoms with Crippen LogP contribution in [0.25, 0.3) is 0 Å². The highest BCUT2D eigenvalue weighted by atomic mass is 32.1. The van der Waals surface area contributed by atoms with E-state index in [-0.39, 0.29) is 17.7 Å². The summed E-state index contributed by atoms with van der Waals surface area (Å²) in [7, 11) is 0. The number of thiophene rings is 1. The number of carbonyl (C=O) groups is 3. The van der Waals surface area contributed by atoms with Gasteiger partial charge < -0.3 is 15.5 Å². The number of hydrogen-bond acceptors (Lipinski definition) is 4. The Hall–Kier alpha value is -3.45. The SMILES string of the molecule is O=C(NC(Cc1ccccc1)C(=O)NCc1ccc(N2CCCC2=O)cc1)c1cccs1. The van der Waals surface area contributed by atoms with Gasteiger partial charge in [0.05, 0.1) is 4.88 Å². The molecule has 3 aromatic rings. The highest BCUT2D eigenvalue weighted by Gasteiger charge is 2.23. The lowest BCUT2D eigenvalue weighted by Crippen LogP contribution is -2.47. The number of anilines is 1. The first kappa shape index (κ1) is 21.8. The Morgan fingerprint density at radius 2 is 1.75 bits per heavy atom. The van der Waals surface area contributed by atoms with Crippen LogP contribution in [0.1, 0.15) is 33.6 Å². The maximum Gasteiger partial charge on any atom is 0.262 e. The van der Waals surface area contributed by atoms with Gasteiger partial charge in [-0.3, -0.25) is 14.4 Å². The van der Waals surface area contributed by atoms with Crippen LogP contribution in [0.2, 0.25) is 0 Å². The van der Waals surface area contributed by atoms with Crippen LogP contribution in [0, 0.1) is 0 Å². The molecule has 1 unspecified atom stereocenters. The van der Waals surface area contributed by atoms with Crippen molar-refractivity contribution >= 4 is 34.7 Å². The molecule has 0 spiro atoms. The summed E-state index contributed by atoms with van der Waals surface area (Å²) in [5, 5.41) is 7.64. The van der Waals surface area contributed by atoms with Gasteiger partial charge in [-0.15, -0.1) is 11.3 Å². The second-order valence-corrected chi connectivity index (χ2v) is 8.67. The summed E-state index contributed by atoms with van der Waals surface area (Å²) >= 11 is 1.34. The predicted molar refractivity (Wildman–Crippen MR) is 126 cm³/mol. The van der Waals surface area contributed by atoms with E-state index >= 15 is 0 Å². The van der Waals surface area contributed by atoms with Gasteiger partial charge in [0.2, 0.25) is 11.8 Å². The standard InChI is InChI=1S/C25H25N3O3S/c29-23-9-4-14-28(23)20-12-10-19(11-13-20)17-26-24(30)21(16-18-6-2-1-3-7-18)27-25(31)22-8-5-15-32-22/h1-3,5-8,10-13,15,21H,4,9,14,16-17H2,(H,26,30)(H,27,31). The average molecular weight is 448 g/mol. The second-order valence-electron chi connectivity index (χ2n) is 7.73.